The van der Waals surface area contributed by atoms with Crippen molar-refractivity contribution in [2.24, 2.45) is 11.8 Å². The van der Waals surface area contributed by atoms with Gasteiger partial charge in [0.05, 0.1) is 5.69 Å². The first-order valence-corrected chi connectivity index (χ1v) is 12.3. The second-order valence-corrected chi connectivity index (χ2v) is 11.0. The molecule has 2 N–H and O–H groups in total. The molecule has 1 amide bonds. The van der Waals surface area contributed by atoms with E-state index in [1.165, 1.54) is 0 Å². The number of hydrogen-bond donors (Lipinski definition) is 2. The second-order valence-electron chi connectivity index (χ2n) is 11.0. The molecule has 2 atom stereocenters. The number of rotatable bonds is 5. The molecule has 2 aromatic rings. The fourth-order valence-electron chi connectivity index (χ4n) is 5.05. The molecule has 2 saturated carbocycles. The normalized spacial score (nSPS) is 25.8. The summed E-state index contributed by atoms with van der Waals surface area (Å²) in [7, 11) is 0. The third-order valence-corrected chi connectivity index (χ3v) is 6.90. The Bertz CT molecular complexity index is 1080. The predicted molar refractivity (Wildman–Crippen MR) is 127 cm³/mol. The Hall–Kier alpha value is -2.98. The molecule has 0 bridgehead atoms. The molecule has 190 valence electrons. The summed E-state index contributed by atoms with van der Waals surface area (Å²) in [6, 6.07) is 3.81. The van der Waals surface area contributed by atoms with E-state index in [-0.39, 0.29) is 31.0 Å². The van der Waals surface area contributed by atoms with Crippen molar-refractivity contribution in [2.75, 3.05) is 23.3 Å². The van der Waals surface area contributed by atoms with Crippen LogP contribution in [0.5, 0.6) is 0 Å². The molecule has 0 aromatic carbocycles. The highest BCUT2D eigenvalue weighted by atomic mass is 19.3. The molecule has 35 heavy (non-hydrogen) atoms. The van der Waals surface area contributed by atoms with Gasteiger partial charge in [-0.05, 0) is 46.6 Å². The minimum absolute atomic E-state index is 0.0565. The van der Waals surface area contributed by atoms with E-state index < -0.39 is 11.5 Å². The fraction of sp³-hybridized carbons (Fsp3) is 0.667. The number of piperidine rings is 1. The van der Waals surface area contributed by atoms with E-state index >= 15 is 0 Å². The lowest BCUT2D eigenvalue weighted by Gasteiger charge is -2.29. The first kappa shape index (κ1) is 23.7. The Morgan fingerprint density at radius 3 is 2.46 bits per heavy atom. The van der Waals surface area contributed by atoms with Crippen molar-refractivity contribution in [1.29, 1.82) is 0 Å². The summed E-state index contributed by atoms with van der Waals surface area (Å²) in [4.78, 5) is 23.7. The number of halogens is 2. The van der Waals surface area contributed by atoms with E-state index in [0.29, 0.717) is 36.4 Å². The van der Waals surface area contributed by atoms with Gasteiger partial charge in [-0.25, -0.2) is 18.3 Å². The quantitative estimate of drug-likeness (QED) is 0.657. The smallest absolute Gasteiger partial charge is 0.407 e. The van der Waals surface area contributed by atoms with Crippen LogP contribution in [0.2, 0.25) is 0 Å². The van der Waals surface area contributed by atoms with Gasteiger partial charge >= 0.3 is 6.09 Å². The van der Waals surface area contributed by atoms with Gasteiger partial charge in [-0.3, -0.25) is 0 Å². The van der Waals surface area contributed by atoms with E-state index in [1.807, 2.05) is 46.0 Å². The van der Waals surface area contributed by atoms with Gasteiger partial charge in [0, 0.05) is 62.1 Å². The van der Waals surface area contributed by atoms with E-state index in [0.717, 1.165) is 24.6 Å². The molecule has 2 aliphatic carbocycles. The van der Waals surface area contributed by atoms with Crippen LogP contribution in [0, 0.1) is 18.8 Å². The Kier molecular flexibility index (Phi) is 5.83. The monoisotopic (exact) mass is 489 g/mol. The zero-order valence-corrected chi connectivity index (χ0v) is 20.6. The van der Waals surface area contributed by atoms with Crippen molar-refractivity contribution in [3.05, 3.63) is 24.0 Å². The molecular formula is C24H33F2N7O2. The summed E-state index contributed by atoms with van der Waals surface area (Å²) in [5.74, 6) is -0.0990. The lowest BCUT2D eigenvalue weighted by atomic mass is 9.92. The molecule has 0 spiro atoms. The van der Waals surface area contributed by atoms with Gasteiger partial charge in [-0.2, -0.15) is 15.1 Å². The van der Waals surface area contributed by atoms with Gasteiger partial charge in [-0.15, -0.1) is 0 Å². The summed E-state index contributed by atoms with van der Waals surface area (Å²) in [6.45, 7) is 8.96. The number of carbonyl (C=O) groups is 1. The molecule has 0 radical (unpaired) electrons. The van der Waals surface area contributed by atoms with E-state index in [9.17, 15) is 13.6 Å². The van der Waals surface area contributed by atoms with Crippen molar-refractivity contribution < 1.29 is 18.3 Å². The van der Waals surface area contributed by atoms with Gasteiger partial charge < -0.3 is 20.3 Å². The predicted octanol–water partition coefficient (Wildman–Crippen LogP) is 3.92. The van der Waals surface area contributed by atoms with Crippen LogP contribution in [0.3, 0.4) is 0 Å². The molecule has 1 aliphatic heterocycles. The van der Waals surface area contributed by atoms with Crippen molar-refractivity contribution in [2.45, 2.75) is 77.0 Å². The summed E-state index contributed by atoms with van der Waals surface area (Å²) >= 11 is 0. The Morgan fingerprint density at radius 2 is 1.86 bits per heavy atom. The van der Waals surface area contributed by atoms with E-state index in [4.69, 9.17) is 9.72 Å². The maximum Gasteiger partial charge on any atom is 0.407 e. The number of anilines is 2. The molecule has 1 saturated heterocycles. The van der Waals surface area contributed by atoms with Crippen LogP contribution in [0.25, 0.3) is 5.95 Å². The van der Waals surface area contributed by atoms with Crippen LogP contribution in [0.1, 0.15) is 52.1 Å². The number of hydrogen-bond acceptors (Lipinski definition) is 7. The molecule has 9 nitrogen and oxygen atoms in total. The van der Waals surface area contributed by atoms with Crippen LogP contribution in [0.4, 0.5) is 25.2 Å². The zero-order chi connectivity index (χ0) is 25.0. The van der Waals surface area contributed by atoms with Crippen LogP contribution in [0.15, 0.2) is 18.3 Å². The summed E-state index contributed by atoms with van der Waals surface area (Å²) < 4.78 is 34.2. The van der Waals surface area contributed by atoms with Crippen molar-refractivity contribution >= 4 is 17.7 Å². The molecule has 3 aliphatic rings. The SMILES string of the molecule is Cc1ccn(-c2nc(NC3CCC(F)(F)CC3)cc(N3CC4C(C3)C4NC(=O)OC(C)(C)C)n2)n1. The maximum absolute atomic E-state index is 13.6. The zero-order valence-electron chi connectivity index (χ0n) is 20.6. The summed E-state index contributed by atoms with van der Waals surface area (Å²) in [5, 5.41) is 10.8. The third kappa shape index (κ3) is 5.48. The number of amides is 1. The Morgan fingerprint density at radius 1 is 1.17 bits per heavy atom. The van der Waals surface area contributed by atoms with Gasteiger partial charge in [0.15, 0.2) is 0 Å². The third-order valence-electron chi connectivity index (χ3n) is 6.90. The van der Waals surface area contributed by atoms with Gasteiger partial charge in [0.2, 0.25) is 5.92 Å². The minimum Gasteiger partial charge on any atom is -0.444 e. The second kappa shape index (κ2) is 8.60. The van der Waals surface area contributed by atoms with Crippen molar-refractivity contribution in [3.8, 4) is 5.95 Å². The number of nitrogens with one attached hydrogen (secondary N) is 2. The van der Waals surface area contributed by atoms with Crippen LogP contribution >= 0.6 is 0 Å². The molecular weight excluding hydrogens is 456 g/mol. The number of carbonyl (C=O) groups excluding carboxylic acids is 1. The number of aryl methyl sites for hydroxylation is 1. The van der Waals surface area contributed by atoms with E-state index in [1.54, 1.807) is 4.68 Å². The molecule has 3 heterocycles. The molecule has 3 fully saturated rings. The molecule has 11 heteroatoms. The summed E-state index contributed by atoms with van der Waals surface area (Å²) in [6.07, 6.45) is 1.99. The molecule has 2 unspecified atom stereocenters. The largest absolute Gasteiger partial charge is 0.444 e. The van der Waals surface area contributed by atoms with Crippen LogP contribution in [-0.2, 0) is 4.74 Å². The van der Waals surface area contributed by atoms with Gasteiger partial charge in [0.1, 0.15) is 17.2 Å². The number of fused-ring (bicyclic) bond motifs is 1. The van der Waals surface area contributed by atoms with E-state index in [2.05, 4.69) is 25.6 Å². The lowest BCUT2D eigenvalue weighted by Crippen LogP contribution is -2.38. The average Bonchev–Trinajstić information content (AvgIpc) is 3.10. The Balaban J connectivity index is 1.28. The first-order chi connectivity index (χ1) is 16.5. The number of alkyl halides is 2. The van der Waals surface area contributed by atoms with Crippen LogP contribution < -0.4 is 15.5 Å². The average molecular weight is 490 g/mol. The first-order valence-electron chi connectivity index (χ1n) is 12.3. The van der Waals surface area contributed by atoms with Crippen LogP contribution in [-0.4, -0.2) is 62.5 Å². The van der Waals surface area contributed by atoms with Crippen molar-refractivity contribution in [3.63, 3.8) is 0 Å². The van der Waals surface area contributed by atoms with Gasteiger partial charge in [-0.1, -0.05) is 0 Å². The molecule has 2 aromatic heterocycles. The maximum atomic E-state index is 13.6. The highest BCUT2D eigenvalue weighted by molar-refractivity contribution is 5.69. The number of nitrogens with zero attached hydrogens (tertiary/aromatic N) is 5. The fourth-order valence-corrected chi connectivity index (χ4v) is 5.05. The Labute approximate surface area is 203 Å². The highest BCUT2D eigenvalue weighted by Gasteiger charge is 2.57. The van der Waals surface area contributed by atoms with Gasteiger partial charge in [0.25, 0.3) is 5.95 Å². The molecule has 5 rings (SSSR count). The summed E-state index contributed by atoms with van der Waals surface area (Å²) in [5.41, 5.74) is 0.321. The number of aromatic nitrogens is 4. The standard InChI is InChI=1S/C24H33F2N7O2/c1-14-7-10-33(31-14)21-28-18(27-15-5-8-24(25,26)9-6-15)11-19(29-21)32-12-16-17(13-32)20(16)30-22(34)35-23(2,3)4/h7,10-11,15-17,20H,5-6,8-9,12-13H2,1-4H3,(H,30,34)(H,27,28,29). The highest BCUT2D eigenvalue weighted by Crippen LogP contribution is 2.47. The lowest BCUT2D eigenvalue weighted by molar-refractivity contribution is -0.0361. The number of alkyl carbamates (subject to hydrolysis) is 1. The topological polar surface area (TPSA) is 97.2 Å². The van der Waals surface area contributed by atoms with Crippen molar-refractivity contribution in [1.82, 2.24) is 25.1 Å². The number of ether oxygens (including phenoxy) is 1. The minimum atomic E-state index is -2.58.